The topological polar surface area (TPSA) is 66.5 Å². The van der Waals surface area contributed by atoms with E-state index in [1.54, 1.807) is 6.07 Å². The second kappa shape index (κ2) is 5.55. The number of halogens is 3. The van der Waals surface area contributed by atoms with E-state index < -0.39 is 35.0 Å². The summed E-state index contributed by atoms with van der Waals surface area (Å²) in [5.74, 6) is -3.09. The molecule has 0 saturated carbocycles. The summed E-state index contributed by atoms with van der Waals surface area (Å²) in [5.41, 5.74) is -0.181. The molecule has 1 heterocycles. The van der Waals surface area contributed by atoms with Crippen molar-refractivity contribution in [1.29, 1.82) is 0 Å². The highest BCUT2D eigenvalue weighted by Crippen LogP contribution is 2.29. The predicted octanol–water partition coefficient (Wildman–Crippen LogP) is 1.45. The van der Waals surface area contributed by atoms with Crippen LogP contribution in [-0.4, -0.2) is 35.0 Å². The minimum atomic E-state index is -5.02. The van der Waals surface area contributed by atoms with Crippen LogP contribution in [0.5, 0.6) is 0 Å². The van der Waals surface area contributed by atoms with Gasteiger partial charge in [-0.2, -0.15) is 0 Å². The highest BCUT2D eigenvalue weighted by atomic mass is 19.4. The number of hydrogen-bond donors (Lipinski definition) is 1. The molecule has 1 N–H and O–H groups in total. The van der Waals surface area contributed by atoms with Gasteiger partial charge in [0.05, 0.1) is 0 Å². The summed E-state index contributed by atoms with van der Waals surface area (Å²) in [6.07, 6.45) is -5.62. The van der Waals surface area contributed by atoms with Crippen LogP contribution in [0.15, 0.2) is 30.3 Å². The number of piperidine rings is 1. The van der Waals surface area contributed by atoms with Crippen molar-refractivity contribution < 1.29 is 27.6 Å². The monoisotopic (exact) mass is 300 g/mol. The maximum Gasteiger partial charge on any atom is 0.488 e. The highest BCUT2D eigenvalue weighted by molar-refractivity contribution is 6.03. The summed E-state index contributed by atoms with van der Waals surface area (Å²) in [6, 6.07) is 5.12. The van der Waals surface area contributed by atoms with E-state index in [-0.39, 0.29) is 18.4 Å². The van der Waals surface area contributed by atoms with E-state index in [0.717, 1.165) is 0 Å². The summed E-state index contributed by atoms with van der Waals surface area (Å²) >= 11 is 0. The molecule has 1 unspecified atom stereocenters. The first-order valence-corrected chi connectivity index (χ1v) is 6.10. The van der Waals surface area contributed by atoms with Crippen LogP contribution in [0.3, 0.4) is 0 Å². The highest BCUT2D eigenvalue weighted by Gasteiger charge is 2.49. The number of alkyl halides is 3. The van der Waals surface area contributed by atoms with Crippen LogP contribution in [0.4, 0.5) is 13.2 Å². The molecule has 0 spiro atoms. The van der Waals surface area contributed by atoms with Crippen molar-refractivity contribution in [1.82, 2.24) is 10.2 Å². The molecule has 8 heteroatoms. The number of hydrogen-bond acceptors (Lipinski definition) is 3. The number of imide groups is 1. The van der Waals surface area contributed by atoms with Crippen molar-refractivity contribution in [3.8, 4) is 0 Å². The predicted molar refractivity (Wildman–Crippen MR) is 64.8 cm³/mol. The van der Waals surface area contributed by atoms with Crippen LogP contribution < -0.4 is 5.32 Å². The molecule has 1 aliphatic heterocycles. The third-order valence-electron chi connectivity index (χ3n) is 3.03. The molecule has 1 saturated heterocycles. The van der Waals surface area contributed by atoms with Crippen molar-refractivity contribution in [2.45, 2.75) is 25.2 Å². The van der Waals surface area contributed by atoms with Gasteiger partial charge in [-0.25, -0.2) is 4.90 Å². The fourth-order valence-electron chi connectivity index (χ4n) is 2.08. The maximum atomic E-state index is 13.2. The second-order valence-corrected chi connectivity index (χ2v) is 4.48. The lowest BCUT2D eigenvalue weighted by atomic mass is 10.0. The van der Waals surface area contributed by atoms with Crippen LogP contribution in [0.25, 0.3) is 0 Å². The van der Waals surface area contributed by atoms with Crippen molar-refractivity contribution in [2.24, 2.45) is 0 Å². The molecule has 1 atom stereocenters. The molecule has 0 bridgehead atoms. The summed E-state index contributed by atoms with van der Waals surface area (Å²) in [6.45, 7) is 0. The molecule has 0 aliphatic carbocycles. The fourth-order valence-corrected chi connectivity index (χ4v) is 2.08. The quantitative estimate of drug-likeness (QED) is 0.664. The molecule has 112 valence electrons. The van der Waals surface area contributed by atoms with E-state index in [0.29, 0.717) is 0 Å². The van der Waals surface area contributed by atoms with Gasteiger partial charge in [-0.3, -0.25) is 19.7 Å². The van der Waals surface area contributed by atoms with Gasteiger partial charge in [0.25, 0.3) is 5.91 Å². The van der Waals surface area contributed by atoms with E-state index in [1.807, 2.05) is 5.32 Å². The molecule has 21 heavy (non-hydrogen) atoms. The number of rotatable bonds is 2. The van der Waals surface area contributed by atoms with Crippen LogP contribution in [0.2, 0.25) is 0 Å². The number of amides is 3. The zero-order valence-electron chi connectivity index (χ0n) is 10.7. The van der Waals surface area contributed by atoms with Crippen molar-refractivity contribution in [3.63, 3.8) is 0 Å². The molecular formula is C13H11F3N2O3. The van der Waals surface area contributed by atoms with E-state index in [2.05, 4.69) is 0 Å². The summed E-state index contributed by atoms with van der Waals surface area (Å²) < 4.78 is 39.5. The lowest BCUT2D eigenvalue weighted by Gasteiger charge is -2.33. The van der Waals surface area contributed by atoms with Crippen LogP contribution in [-0.2, 0) is 9.59 Å². The Hall–Kier alpha value is -2.38. The molecule has 2 rings (SSSR count). The van der Waals surface area contributed by atoms with Crippen molar-refractivity contribution >= 4 is 17.7 Å². The molecule has 0 aromatic heterocycles. The molecule has 0 radical (unpaired) electrons. The van der Waals surface area contributed by atoms with Gasteiger partial charge < -0.3 is 0 Å². The lowest BCUT2D eigenvalue weighted by molar-refractivity contribution is -0.237. The normalized spacial score (nSPS) is 19.1. The molecular weight excluding hydrogens is 289 g/mol. The lowest BCUT2D eigenvalue weighted by Crippen LogP contribution is -2.58. The van der Waals surface area contributed by atoms with E-state index in [9.17, 15) is 27.6 Å². The van der Waals surface area contributed by atoms with Crippen LogP contribution in [0.1, 0.15) is 23.2 Å². The molecule has 3 amide bonds. The van der Waals surface area contributed by atoms with Crippen LogP contribution in [0, 0.1) is 0 Å². The Morgan fingerprint density at radius 1 is 1.19 bits per heavy atom. The number of carbonyl (C=O) groups is 3. The zero-order chi connectivity index (χ0) is 15.6. The molecule has 1 aromatic rings. The average Bonchev–Trinajstić information content (AvgIpc) is 2.41. The minimum absolute atomic E-state index is 0.181. The summed E-state index contributed by atoms with van der Waals surface area (Å²) in [5, 5.41) is 1.82. The Labute approximate surface area is 117 Å². The minimum Gasteiger partial charge on any atom is -0.295 e. The Kier molecular flexibility index (Phi) is 3.97. The number of nitrogens with zero attached hydrogens (tertiary/aromatic N) is 1. The van der Waals surface area contributed by atoms with Gasteiger partial charge in [-0.15, -0.1) is 13.2 Å². The van der Waals surface area contributed by atoms with Crippen molar-refractivity contribution in [2.75, 3.05) is 0 Å². The number of nitrogens with one attached hydrogen (secondary N) is 1. The molecule has 1 aromatic carbocycles. The second-order valence-electron chi connectivity index (χ2n) is 4.48. The first-order chi connectivity index (χ1) is 9.80. The van der Waals surface area contributed by atoms with Gasteiger partial charge in [0.1, 0.15) is 6.04 Å². The van der Waals surface area contributed by atoms with E-state index in [1.165, 1.54) is 24.3 Å². The zero-order valence-corrected chi connectivity index (χ0v) is 10.7. The summed E-state index contributed by atoms with van der Waals surface area (Å²) in [7, 11) is 0. The van der Waals surface area contributed by atoms with Gasteiger partial charge in [-0.05, 0) is 18.6 Å². The Morgan fingerprint density at radius 2 is 1.81 bits per heavy atom. The van der Waals surface area contributed by atoms with Crippen LogP contribution >= 0.6 is 0 Å². The van der Waals surface area contributed by atoms with Gasteiger partial charge in [0, 0.05) is 12.0 Å². The van der Waals surface area contributed by atoms with Gasteiger partial charge in [0.15, 0.2) is 0 Å². The average molecular weight is 300 g/mol. The fraction of sp³-hybridized carbons (Fsp3) is 0.308. The molecule has 1 aliphatic rings. The Morgan fingerprint density at radius 3 is 2.33 bits per heavy atom. The Balaban J connectivity index is 2.34. The standard InChI is InChI=1S/C13H11F3N2O3/c14-13(15,16)18(9-6-7-10(19)17-11(9)20)12(21)8-4-2-1-3-5-8/h1-5,9H,6-7H2,(H,17,19,20). The van der Waals surface area contributed by atoms with Crippen molar-refractivity contribution in [3.05, 3.63) is 35.9 Å². The van der Waals surface area contributed by atoms with E-state index in [4.69, 9.17) is 0 Å². The largest absolute Gasteiger partial charge is 0.488 e. The summed E-state index contributed by atoms with van der Waals surface area (Å²) in [4.78, 5) is 34.2. The number of carbonyl (C=O) groups excluding carboxylic acids is 3. The molecule has 1 fully saturated rings. The van der Waals surface area contributed by atoms with Gasteiger partial charge in [0.2, 0.25) is 11.8 Å². The third kappa shape index (κ3) is 3.21. The maximum absolute atomic E-state index is 13.2. The van der Waals surface area contributed by atoms with E-state index >= 15 is 0 Å². The smallest absolute Gasteiger partial charge is 0.295 e. The molecule has 5 nitrogen and oxygen atoms in total. The third-order valence-corrected chi connectivity index (χ3v) is 3.03. The van der Waals surface area contributed by atoms with Gasteiger partial charge in [-0.1, -0.05) is 18.2 Å². The SMILES string of the molecule is O=C1CCC(N(C(=O)c2ccccc2)C(F)(F)F)C(=O)N1. The first-order valence-electron chi connectivity index (χ1n) is 6.10. The van der Waals surface area contributed by atoms with Gasteiger partial charge >= 0.3 is 6.30 Å². The number of benzene rings is 1. The Bertz CT molecular complexity index is 572. The first kappa shape index (κ1) is 15.0.